The van der Waals surface area contributed by atoms with Crippen LogP contribution in [0.5, 0.6) is 0 Å². The summed E-state index contributed by atoms with van der Waals surface area (Å²) in [7, 11) is 0. The Morgan fingerprint density at radius 1 is 1.63 bits per heavy atom. The number of nitriles is 1. The molecular weight excluding hydrogens is 240 g/mol. The van der Waals surface area contributed by atoms with Gasteiger partial charge in [0.2, 0.25) is 5.91 Å². The van der Waals surface area contributed by atoms with Crippen molar-refractivity contribution < 1.29 is 4.79 Å². The van der Waals surface area contributed by atoms with Crippen molar-refractivity contribution >= 4 is 5.91 Å². The Hall–Kier alpha value is -1.90. The van der Waals surface area contributed by atoms with Gasteiger partial charge in [0.15, 0.2) is 0 Å². The summed E-state index contributed by atoms with van der Waals surface area (Å²) >= 11 is 0. The highest BCUT2D eigenvalue weighted by molar-refractivity contribution is 5.93. The Balaban J connectivity index is 2.14. The third-order valence-electron chi connectivity index (χ3n) is 3.50. The number of primary amides is 1. The van der Waals surface area contributed by atoms with Crippen LogP contribution in [0.4, 0.5) is 0 Å². The van der Waals surface area contributed by atoms with E-state index in [0.29, 0.717) is 12.1 Å². The fourth-order valence-corrected chi connectivity index (χ4v) is 2.31. The predicted molar refractivity (Wildman–Crippen MR) is 72.4 cm³/mol. The molecule has 5 heteroatoms. The van der Waals surface area contributed by atoms with Gasteiger partial charge in [0, 0.05) is 31.7 Å². The molecule has 0 spiro atoms. The second-order valence-electron chi connectivity index (χ2n) is 4.83. The van der Waals surface area contributed by atoms with Crippen molar-refractivity contribution in [1.82, 2.24) is 10.2 Å². The number of amides is 1. The van der Waals surface area contributed by atoms with Crippen LogP contribution >= 0.6 is 0 Å². The van der Waals surface area contributed by atoms with E-state index >= 15 is 0 Å². The normalized spacial score (nSPS) is 19.9. The summed E-state index contributed by atoms with van der Waals surface area (Å²) in [6, 6.07) is 7.69. The summed E-state index contributed by atoms with van der Waals surface area (Å²) in [5, 5.41) is 12.3. The third kappa shape index (κ3) is 3.11. The summed E-state index contributed by atoms with van der Waals surface area (Å²) in [5.41, 5.74) is 7.95. The number of nitrogens with one attached hydrogen (secondary N) is 1. The van der Waals surface area contributed by atoms with E-state index in [2.05, 4.69) is 16.3 Å². The Morgan fingerprint density at radius 2 is 2.42 bits per heavy atom. The second-order valence-corrected chi connectivity index (χ2v) is 4.83. The molecule has 1 fully saturated rings. The number of carbonyl (C=O) groups excluding carboxylic acids is 1. The highest BCUT2D eigenvalue weighted by Gasteiger charge is 2.22. The molecule has 1 aliphatic rings. The number of hydrogen-bond donors (Lipinski definition) is 2. The molecule has 5 nitrogen and oxygen atoms in total. The fraction of sp³-hybridized carbons (Fsp3) is 0.429. The zero-order valence-electron chi connectivity index (χ0n) is 11.0. The molecule has 100 valence electrons. The highest BCUT2D eigenvalue weighted by atomic mass is 16.1. The molecule has 0 aromatic heterocycles. The lowest BCUT2D eigenvalue weighted by molar-refractivity contribution is 0.1000. The molecule has 1 saturated heterocycles. The lowest BCUT2D eigenvalue weighted by Crippen LogP contribution is -2.50. The predicted octanol–water partition coefficient (Wildman–Crippen LogP) is 0.391. The third-order valence-corrected chi connectivity index (χ3v) is 3.50. The minimum absolute atomic E-state index is 0.0935. The monoisotopic (exact) mass is 258 g/mol. The Kier molecular flexibility index (Phi) is 4.15. The summed E-state index contributed by atoms with van der Waals surface area (Å²) < 4.78 is 0. The van der Waals surface area contributed by atoms with E-state index in [0.717, 1.165) is 30.8 Å². The number of benzene rings is 1. The molecule has 1 atom stereocenters. The number of rotatable bonds is 3. The Bertz CT molecular complexity index is 521. The molecule has 1 aromatic carbocycles. The quantitative estimate of drug-likeness (QED) is 0.821. The Labute approximate surface area is 113 Å². The number of nitrogens with two attached hydrogens (primary N) is 1. The van der Waals surface area contributed by atoms with Crippen molar-refractivity contribution in [2.45, 2.75) is 19.5 Å². The zero-order valence-corrected chi connectivity index (χ0v) is 11.0. The number of carbonyl (C=O) groups is 1. The number of hydrogen-bond acceptors (Lipinski definition) is 4. The van der Waals surface area contributed by atoms with Crippen molar-refractivity contribution in [2.75, 3.05) is 19.6 Å². The van der Waals surface area contributed by atoms with Crippen molar-refractivity contribution in [3.63, 3.8) is 0 Å². The van der Waals surface area contributed by atoms with Crippen molar-refractivity contribution in [3.05, 3.63) is 34.9 Å². The molecule has 1 aromatic rings. The summed E-state index contributed by atoms with van der Waals surface area (Å²) in [6.45, 7) is 5.15. The van der Waals surface area contributed by atoms with Gasteiger partial charge in [0.25, 0.3) is 0 Å². The van der Waals surface area contributed by atoms with E-state index < -0.39 is 5.91 Å². The molecule has 1 amide bonds. The van der Waals surface area contributed by atoms with Gasteiger partial charge in [0.05, 0.1) is 6.07 Å². The van der Waals surface area contributed by atoms with Gasteiger partial charge in [-0.15, -0.1) is 0 Å². The first kappa shape index (κ1) is 13.5. The van der Waals surface area contributed by atoms with Crippen molar-refractivity contribution in [2.24, 2.45) is 5.73 Å². The Morgan fingerprint density at radius 3 is 3.05 bits per heavy atom. The zero-order chi connectivity index (χ0) is 13.8. The van der Waals surface area contributed by atoms with E-state index in [4.69, 9.17) is 11.0 Å². The lowest BCUT2D eigenvalue weighted by Gasteiger charge is -2.32. The standard InChI is InChI=1S/C14H18N4O/c1-10-6-11(14(16)19)2-3-12(10)9-18-5-4-17-8-13(18)7-15/h2-3,6,13,17H,4-5,8-9H2,1H3,(H2,16,19). The van der Waals surface area contributed by atoms with Gasteiger partial charge in [-0.1, -0.05) is 6.07 Å². The molecule has 0 aliphatic carbocycles. The van der Waals surface area contributed by atoms with Crippen LogP contribution in [0.2, 0.25) is 0 Å². The molecule has 19 heavy (non-hydrogen) atoms. The first-order valence-corrected chi connectivity index (χ1v) is 6.35. The largest absolute Gasteiger partial charge is 0.366 e. The van der Waals surface area contributed by atoms with Crippen molar-refractivity contribution in [3.8, 4) is 6.07 Å². The van der Waals surface area contributed by atoms with Gasteiger partial charge in [-0.3, -0.25) is 9.69 Å². The summed E-state index contributed by atoms with van der Waals surface area (Å²) in [4.78, 5) is 13.3. The molecule has 3 N–H and O–H groups in total. The molecule has 1 aliphatic heterocycles. The molecule has 1 heterocycles. The molecule has 1 unspecified atom stereocenters. The summed E-state index contributed by atoms with van der Waals surface area (Å²) in [5.74, 6) is -0.410. The fourth-order valence-electron chi connectivity index (χ4n) is 2.31. The van der Waals surface area contributed by atoms with Crippen LogP contribution in [0.3, 0.4) is 0 Å². The maximum absolute atomic E-state index is 11.1. The average Bonchev–Trinajstić information content (AvgIpc) is 2.41. The van der Waals surface area contributed by atoms with Gasteiger partial charge in [-0.25, -0.2) is 0 Å². The van der Waals surface area contributed by atoms with Crippen LogP contribution in [0.1, 0.15) is 21.5 Å². The first-order valence-electron chi connectivity index (χ1n) is 6.35. The van der Waals surface area contributed by atoms with Gasteiger partial charge in [-0.2, -0.15) is 5.26 Å². The molecule has 0 saturated carbocycles. The van der Waals surface area contributed by atoms with Gasteiger partial charge >= 0.3 is 0 Å². The smallest absolute Gasteiger partial charge is 0.248 e. The molecule has 0 bridgehead atoms. The van der Waals surface area contributed by atoms with Crippen LogP contribution in [0.15, 0.2) is 18.2 Å². The maximum atomic E-state index is 11.1. The van der Waals surface area contributed by atoms with Crippen LogP contribution in [0, 0.1) is 18.3 Å². The van der Waals surface area contributed by atoms with E-state index in [1.807, 2.05) is 13.0 Å². The molecule has 0 radical (unpaired) electrons. The minimum atomic E-state index is -0.410. The van der Waals surface area contributed by atoms with Gasteiger partial charge in [0.1, 0.15) is 6.04 Å². The molecule has 2 rings (SSSR count). The maximum Gasteiger partial charge on any atom is 0.248 e. The highest BCUT2D eigenvalue weighted by Crippen LogP contribution is 2.15. The second kappa shape index (κ2) is 5.83. The first-order chi connectivity index (χ1) is 9.11. The topological polar surface area (TPSA) is 82.2 Å². The average molecular weight is 258 g/mol. The number of nitrogens with zero attached hydrogens (tertiary/aromatic N) is 2. The van der Waals surface area contributed by atoms with Crippen LogP contribution < -0.4 is 11.1 Å². The van der Waals surface area contributed by atoms with Gasteiger partial charge in [-0.05, 0) is 30.2 Å². The van der Waals surface area contributed by atoms with E-state index in [1.54, 1.807) is 12.1 Å². The van der Waals surface area contributed by atoms with E-state index in [1.165, 1.54) is 0 Å². The van der Waals surface area contributed by atoms with Crippen molar-refractivity contribution in [1.29, 1.82) is 5.26 Å². The van der Waals surface area contributed by atoms with Crippen LogP contribution in [-0.2, 0) is 6.54 Å². The van der Waals surface area contributed by atoms with E-state index in [9.17, 15) is 4.79 Å². The molecular formula is C14H18N4O. The van der Waals surface area contributed by atoms with Crippen LogP contribution in [0.25, 0.3) is 0 Å². The minimum Gasteiger partial charge on any atom is -0.366 e. The number of aryl methyl sites for hydroxylation is 1. The number of piperazine rings is 1. The van der Waals surface area contributed by atoms with Crippen LogP contribution in [-0.4, -0.2) is 36.5 Å². The van der Waals surface area contributed by atoms with Gasteiger partial charge < -0.3 is 11.1 Å². The lowest BCUT2D eigenvalue weighted by atomic mass is 10.0. The SMILES string of the molecule is Cc1cc(C(N)=O)ccc1CN1CCNCC1C#N. The van der Waals surface area contributed by atoms with E-state index in [-0.39, 0.29) is 6.04 Å². The summed E-state index contributed by atoms with van der Waals surface area (Å²) in [6.07, 6.45) is 0.